The van der Waals surface area contributed by atoms with Crippen LogP contribution in [0.1, 0.15) is 48.6 Å². The molecule has 0 aliphatic heterocycles. The van der Waals surface area contributed by atoms with Crippen molar-refractivity contribution in [1.82, 2.24) is 15.3 Å². The van der Waals surface area contributed by atoms with E-state index >= 15 is 0 Å². The Labute approximate surface area is 131 Å². The van der Waals surface area contributed by atoms with Crippen LogP contribution in [0, 0.1) is 19.8 Å². The summed E-state index contributed by atoms with van der Waals surface area (Å²) in [5.41, 5.74) is 1.17. The molecule has 0 saturated heterocycles. The van der Waals surface area contributed by atoms with Gasteiger partial charge in [-0.25, -0.2) is 9.97 Å². The third-order valence-corrected chi connectivity index (χ3v) is 4.34. The van der Waals surface area contributed by atoms with Gasteiger partial charge in [-0.2, -0.15) is 0 Å². The van der Waals surface area contributed by atoms with Gasteiger partial charge >= 0.3 is 0 Å². The summed E-state index contributed by atoms with van der Waals surface area (Å²) in [4.78, 5) is 20.9. The molecule has 1 aromatic heterocycles. The summed E-state index contributed by atoms with van der Waals surface area (Å²) in [5, 5.41) is 13.6. The highest BCUT2D eigenvalue weighted by atomic mass is 32.2. The lowest BCUT2D eigenvalue weighted by Gasteiger charge is -2.20. The highest BCUT2D eigenvalue weighted by molar-refractivity contribution is 7.98. The van der Waals surface area contributed by atoms with Crippen LogP contribution in [0.5, 0.6) is 0 Å². The Balaban J connectivity index is 2.81. The zero-order valence-corrected chi connectivity index (χ0v) is 14.3. The van der Waals surface area contributed by atoms with Crippen molar-refractivity contribution in [2.45, 2.75) is 51.7 Å². The van der Waals surface area contributed by atoms with Crippen LogP contribution in [0.25, 0.3) is 0 Å². The molecule has 0 radical (unpaired) electrons. The van der Waals surface area contributed by atoms with Crippen molar-refractivity contribution >= 4 is 17.7 Å². The smallest absolute Gasteiger partial charge is 0.255 e. The van der Waals surface area contributed by atoms with Crippen LogP contribution < -0.4 is 5.32 Å². The van der Waals surface area contributed by atoms with E-state index in [9.17, 15) is 9.90 Å². The molecule has 0 aromatic carbocycles. The van der Waals surface area contributed by atoms with Gasteiger partial charge in [-0.1, -0.05) is 26.7 Å². The average Bonchev–Trinajstić information content (AvgIpc) is 2.45. The molecule has 0 spiro atoms. The van der Waals surface area contributed by atoms with E-state index in [1.807, 2.05) is 27.0 Å². The fraction of sp³-hybridized carbons (Fsp3) is 0.667. The van der Waals surface area contributed by atoms with Crippen molar-refractivity contribution in [2.75, 3.05) is 12.8 Å². The third-order valence-electron chi connectivity index (χ3n) is 3.65. The van der Waals surface area contributed by atoms with Crippen LogP contribution in [0.3, 0.4) is 0 Å². The Morgan fingerprint density at radius 3 is 2.43 bits per heavy atom. The molecule has 5 nitrogen and oxygen atoms in total. The lowest BCUT2D eigenvalue weighted by atomic mass is 9.96. The maximum absolute atomic E-state index is 12.3. The second-order valence-electron chi connectivity index (χ2n) is 5.09. The number of aliphatic hydroxyl groups excluding tert-OH is 1. The van der Waals surface area contributed by atoms with E-state index in [-0.39, 0.29) is 18.4 Å². The van der Waals surface area contributed by atoms with Crippen LogP contribution >= 0.6 is 11.8 Å². The number of hydrogen-bond acceptors (Lipinski definition) is 5. The maximum atomic E-state index is 12.3. The van der Waals surface area contributed by atoms with Gasteiger partial charge < -0.3 is 10.4 Å². The van der Waals surface area contributed by atoms with Crippen molar-refractivity contribution in [3.63, 3.8) is 0 Å². The fourth-order valence-corrected chi connectivity index (χ4v) is 3.04. The first kappa shape index (κ1) is 17.9. The van der Waals surface area contributed by atoms with Gasteiger partial charge in [0.05, 0.1) is 17.4 Å². The number of carbonyl (C=O) groups excluding carboxylic acids is 1. The van der Waals surface area contributed by atoms with Gasteiger partial charge in [0, 0.05) is 6.54 Å². The standard InChI is InChI=1S/C15H25N3O2S/c1-6-11(7-2)12(19)8-16-14(20)13-9(3)17-10(4)18-15(13)21-5/h11-12,19H,6-8H2,1-5H3,(H,16,20). The van der Waals surface area contributed by atoms with E-state index < -0.39 is 6.10 Å². The summed E-state index contributed by atoms with van der Waals surface area (Å²) >= 11 is 1.43. The Bertz CT molecular complexity index is 490. The van der Waals surface area contributed by atoms with Crippen molar-refractivity contribution in [3.8, 4) is 0 Å². The molecule has 6 heteroatoms. The van der Waals surface area contributed by atoms with Gasteiger partial charge in [0.15, 0.2) is 0 Å². The molecule has 0 aliphatic carbocycles. The van der Waals surface area contributed by atoms with Crippen LogP contribution in [-0.2, 0) is 0 Å². The monoisotopic (exact) mass is 311 g/mol. The summed E-state index contributed by atoms with van der Waals surface area (Å²) in [7, 11) is 0. The third kappa shape index (κ3) is 4.68. The van der Waals surface area contributed by atoms with E-state index in [1.165, 1.54) is 11.8 Å². The summed E-state index contributed by atoms with van der Waals surface area (Å²) < 4.78 is 0. The molecular formula is C15H25N3O2S. The predicted octanol–water partition coefficient (Wildman–Crippen LogP) is 2.34. The lowest BCUT2D eigenvalue weighted by Crippen LogP contribution is -2.36. The molecule has 1 unspecified atom stereocenters. The van der Waals surface area contributed by atoms with Gasteiger partial charge in [0.2, 0.25) is 0 Å². The number of aliphatic hydroxyl groups is 1. The molecule has 1 heterocycles. The number of nitrogens with zero attached hydrogens (tertiary/aromatic N) is 2. The average molecular weight is 311 g/mol. The first-order chi connectivity index (χ1) is 9.94. The molecule has 1 rings (SSSR count). The zero-order chi connectivity index (χ0) is 16.0. The van der Waals surface area contributed by atoms with Gasteiger partial charge in [-0.15, -0.1) is 11.8 Å². The van der Waals surface area contributed by atoms with Gasteiger partial charge in [-0.05, 0) is 26.0 Å². The molecule has 0 fully saturated rings. The number of nitrogens with one attached hydrogen (secondary N) is 1. The van der Waals surface area contributed by atoms with Gasteiger partial charge in [0.25, 0.3) is 5.91 Å². The minimum absolute atomic E-state index is 0.209. The van der Waals surface area contributed by atoms with Crippen LogP contribution in [-0.4, -0.2) is 39.9 Å². The number of carbonyl (C=O) groups is 1. The Kier molecular flexibility index (Phi) is 7.11. The summed E-state index contributed by atoms with van der Waals surface area (Å²) in [6.07, 6.45) is 3.16. The van der Waals surface area contributed by atoms with E-state index in [1.54, 1.807) is 6.92 Å². The normalized spacial score (nSPS) is 12.5. The Hall–Kier alpha value is -1.14. The number of aromatic nitrogens is 2. The van der Waals surface area contributed by atoms with Crippen LogP contribution in [0.4, 0.5) is 0 Å². The SMILES string of the molecule is CCC(CC)C(O)CNC(=O)c1c(C)nc(C)nc1SC. The minimum atomic E-state index is -0.520. The number of rotatable bonds is 7. The Morgan fingerprint density at radius 1 is 1.29 bits per heavy atom. The summed E-state index contributed by atoms with van der Waals surface area (Å²) in [5.74, 6) is 0.646. The number of hydrogen-bond donors (Lipinski definition) is 2. The highest BCUT2D eigenvalue weighted by Gasteiger charge is 2.20. The lowest BCUT2D eigenvalue weighted by molar-refractivity contribution is 0.0813. The second kappa shape index (κ2) is 8.34. The maximum Gasteiger partial charge on any atom is 0.255 e. The highest BCUT2D eigenvalue weighted by Crippen LogP contribution is 2.20. The molecular weight excluding hydrogens is 286 g/mol. The van der Waals surface area contributed by atoms with Crippen molar-refractivity contribution < 1.29 is 9.90 Å². The number of thioether (sulfide) groups is 1. The molecule has 0 aliphatic rings. The molecule has 2 N–H and O–H groups in total. The zero-order valence-electron chi connectivity index (χ0n) is 13.4. The first-order valence-corrected chi connectivity index (χ1v) is 8.52. The van der Waals surface area contributed by atoms with Gasteiger partial charge in [-0.3, -0.25) is 4.79 Å². The van der Waals surface area contributed by atoms with E-state index in [0.717, 1.165) is 12.8 Å². The van der Waals surface area contributed by atoms with Crippen molar-refractivity contribution in [3.05, 3.63) is 17.1 Å². The van der Waals surface area contributed by atoms with Crippen LogP contribution in [0.15, 0.2) is 5.03 Å². The summed E-state index contributed by atoms with van der Waals surface area (Å²) in [6, 6.07) is 0. The quantitative estimate of drug-likeness (QED) is 0.597. The molecule has 1 amide bonds. The van der Waals surface area contributed by atoms with Crippen molar-refractivity contribution in [2.24, 2.45) is 5.92 Å². The van der Waals surface area contributed by atoms with E-state index in [0.29, 0.717) is 22.1 Å². The van der Waals surface area contributed by atoms with Crippen LogP contribution in [0.2, 0.25) is 0 Å². The van der Waals surface area contributed by atoms with E-state index in [4.69, 9.17) is 0 Å². The first-order valence-electron chi connectivity index (χ1n) is 7.29. The Morgan fingerprint density at radius 2 is 1.90 bits per heavy atom. The van der Waals surface area contributed by atoms with Gasteiger partial charge in [0.1, 0.15) is 10.9 Å². The number of amides is 1. The summed E-state index contributed by atoms with van der Waals surface area (Å²) in [6.45, 7) is 7.96. The molecule has 0 bridgehead atoms. The molecule has 1 atom stereocenters. The second-order valence-corrected chi connectivity index (χ2v) is 5.89. The minimum Gasteiger partial charge on any atom is -0.391 e. The fourth-order valence-electron chi connectivity index (χ4n) is 2.38. The molecule has 118 valence electrons. The van der Waals surface area contributed by atoms with Crippen molar-refractivity contribution in [1.29, 1.82) is 0 Å². The molecule has 21 heavy (non-hydrogen) atoms. The molecule has 1 aromatic rings. The predicted molar refractivity (Wildman–Crippen MR) is 85.7 cm³/mol. The number of aryl methyl sites for hydroxylation is 2. The van der Waals surface area contributed by atoms with E-state index in [2.05, 4.69) is 15.3 Å². The topological polar surface area (TPSA) is 75.1 Å². The molecule has 0 saturated carbocycles. The largest absolute Gasteiger partial charge is 0.391 e.